The number of benzene rings is 1. The molecular weight excluding hydrogens is 242 g/mol. The molecule has 19 heavy (non-hydrogen) atoms. The summed E-state index contributed by atoms with van der Waals surface area (Å²) >= 11 is 0. The molecule has 0 aromatic heterocycles. The van der Waals surface area contributed by atoms with Crippen molar-refractivity contribution >= 4 is 5.91 Å². The Bertz CT molecular complexity index is 433. The summed E-state index contributed by atoms with van der Waals surface area (Å²) in [6.45, 7) is 0.157. The van der Waals surface area contributed by atoms with Gasteiger partial charge in [-0.2, -0.15) is 0 Å². The Hall–Kier alpha value is -1.55. The van der Waals surface area contributed by atoms with Crippen molar-refractivity contribution in [2.24, 2.45) is 5.92 Å². The van der Waals surface area contributed by atoms with E-state index in [1.54, 1.807) is 7.11 Å². The molecule has 2 atom stereocenters. The summed E-state index contributed by atoms with van der Waals surface area (Å²) in [6.07, 6.45) is 3.40. The zero-order valence-corrected chi connectivity index (χ0v) is 11.3. The summed E-state index contributed by atoms with van der Waals surface area (Å²) in [6, 6.07) is 7.66. The maximum Gasteiger partial charge on any atom is 0.224 e. The van der Waals surface area contributed by atoms with Crippen LogP contribution in [0.25, 0.3) is 0 Å². The lowest BCUT2D eigenvalue weighted by Gasteiger charge is -2.19. The van der Waals surface area contributed by atoms with Crippen LogP contribution in [-0.2, 0) is 11.2 Å². The Labute approximate surface area is 113 Å². The topological polar surface area (TPSA) is 58.6 Å². The van der Waals surface area contributed by atoms with Crippen LogP contribution in [0.5, 0.6) is 5.75 Å². The van der Waals surface area contributed by atoms with Gasteiger partial charge in [-0.05, 0) is 30.5 Å². The molecule has 2 N–H and O–H groups in total. The van der Waals surface area contributed by atoms with Gasteiger partial charge >= 0.3 is 0 Å². The minimum Gasteiger partial charge on any atom is -0.497 e. The molecule has 1 aliphatic rings. The molecule has 0 bridgehead atoms. The summed E-state index contributed by atoms with van der Waals surface area (Å²) in [4.78, 5) is 12.0. The molecule has 0 aliphatic heterocycles. The van der Waals surface area contributed by atoms with Crippen LogP contribution in [0.2, 0.25) is 0 Å². The molecule has 2 unspecified atom stereocenters. The Kier molecular flexibility index (Phi) is 4.80. The highest BCUT2D eigenvalue weighted by atomic mass is 16.5. The van der Waals surface area contributed by atoms with Crippen LogP contribution in [-0.4, -0.2) is 30.8 Å². The summed E-state index contributed by atoms with van der Waals surface area (Å²) in [5.74, 6) is 0.993. The number of hydrogen-bond donors (Lipinski definition) is 2. The second-order valence-electron chi connectivity index (χ2n) is 5.08. The zero-order chi connectivity index (χ0) is 13.7. The standard InChI is InChI=1S/C15H21NO3/c1-19-13-6-2-4-11(8-13)9-15(18)16-14-7-3-5-12(14)10-17/h2,4,6,8,12,14,17H,3,5,7,9-10H2,1H3,(H,16,18). The number of hydrogen-bond acceptors (Lipinski definition) is 3. The fraction of sp³-hybridized carbons (Fsp3) is 0.533. The fourth-order valence-electron chi connectivity index (χ4n) is 2.67. The molecule has 1 aliphatic carbocycles. The van der Waals surface area contributed by atoms with Crippen LogP contribution in [0.3, 0.4) is 0 Å². The van der Waals surface area contributed by atoms with Gasteiger partial charge in [0.1, 0.15) is 5.75 Å². The average Bonchev–Trinajstić information content (AvgIpc) is 2.86. The molecule has 1 aromatic carbocycles. The van der Waals surface area contributed by atoms with Crippen LogP contribution < -0.4 is 10.1 Å². The Morgan fingerprint density at radius 1 is 1.47 bits per heavy atom. The summed E-state index contributed by atoms with van der Waals surface area (Å²) < 4.78 is 5.14. The number of amides is 1. The van der Waals surface area contributed by atoms with Crippen molar-refractivity contribution in [1.29, 1.82) is 0 Å². The molecule has 2 rings (SSSR count). The van der Waals surface area contributed by atoms with Gasteiger partial charge in [-0.15, -0.1) is 0 Å². The Morgan fingerprint density at radius 2 is 2.32 bits per heavy atom. The predicted octanol–water partition coefficient (Wildman–Crippen LogP) is 1.51. The molecule has 4 nitrogen and oxygen atoms in total. The van der Waals surface area contributed by atoms with Gasteiger partial charge in [-0.1, -0.05) is 18.6 Å². The SMILES string of the molecule is COc1cccc(CC(=O)NC2CCCC2CO)c1. The number of ether oxygens (including phenoxy) is 1. The summed E-state index contributed by atoms with van der Waals surface area (Å²) in [5.41, 5.74) is 0.940. The molecule has 4 heteroatoms. The Balaban J connectivity index is 1.90. The largest absolute Gasteiger partial charge is 0.497 e. The van der Waals surface area contributed by atoms with E-state index in [1.807, 2.05) is 24.3 Å². The highest BCUT2D eigenvalue weighted by Gasteiger charge is 2.27. The molecule has 1 fully saturated rings. The molecule has 1 amide bonds. The zero-order valence-electron chi connectivity index (χ0n) is 11.3. The number of aliphatic hydroxyl groups is 1. The van der Waals surface area contributed by atoms with Crippen molar-refractivity contribution in [2.45, 2.75) is 31.7 Å². The average molecular weight is 263 g/mol. The van der Waals surface area contributed by atoms with Crippen LogP contribution >= 0.6 is 0 Å². The van der Waals surface area contributed by atoms with Gasteiger partial charge in [0.15, 0.2) is 0 Å². The molecule has 0 radical (unpaired) electrons. The van der Waals surface area contributed by atoms with Crippen molar-refractivity contribution in [1.82, 2.24) is 5.32 Å². The van der Waals surface area contributed by atoms with Crippen LogP contribution in [0.4, 0.5) is 0 Å². The smallest absolute Gasteiger partial charge is 0.224 e. The lowest BCUT2D eigenvalue weighted by Crippen LogP contribution is -2.39. The van der Waals surface area contributed by atoms with Gasteiger partial charge in [-0.25, -0.2) is 0 Å². The van der Waals surface area contributed by atoms with Gasteiger partial charge in [0, 0.05) is 18.6 Å². The number of aliphatic hydroxyl groups excluding tert-OH is 1. The van der Waals surface area contributed by atoms with E-state index in [2.05, 4.69) is 5.32 Å². The minimum atomic E-state index is 0.0126. The van der Waals surface area contributed by atoms with Crippen molar-refractivity contribution in [3.63, 3.8) is 0 Å². The summed E-state index contributed by atoms with van der Waals surface area (Å²) in [5, 5.41) is 12.3. The lowest BCUT2D eigenvalue weighted by molar-refractivity contribution is -0.121. The number of methoxy groups -OCH3 is 1. The number of carbonyl (C=O) groups excluding carboxylic acids is 1. The van der Waals surface area contributed by atoms with Crippen LogP contribution in [0.1, 0.15) is 24.8 Å². The maximum absolute atomic E-state index is 12.0. The molecular formula is C15H21NO3. The van der Waals surface area contributed by atoms with E-state index in [0.29, 0.717) is 6.42 Å². The molecule has 0 heterocycles. The van der Waals surface area contributed by atoms with Gasteiger partial charge in [0.05, 0.1) is 13.5 Å². The lowest BCUT2D eigenvalue weighted by atomic mass is 10.0. The first-order chi connectivity index (χ1) is 9.22. The first-order valence-electron chi connectivity index (χ1n) is 6.76. The Morgan fingerprint density at radius 3 is 3.05 bits per heavy atom. The van der Waals surface area contributed by atoms with Crippen LogP contribution in [0.15, 0.2) is 24.3 Å². The van der Waals surface area contributed by atoms with Crippen LogP contribution in [0, 0.1) is 5.92 Å². The van der Waals surface area contributed by atoms with E-state index in [1.165, 1.54) is 0 Å². The fourth-order valence-corrected chi connectivity index (χ4v) is 2.67. The molecule has 0 saturated heterocycles. The first-order valence-corrected chi connectivity index (χ1v) is 6.76. The van der Waals surface area contributed by atoms with Gasteiger partial charge < -0.3 is 15.2 Å². The minimum absolute atomic E-state index is 0.0126. The monoisotopic (exact) mass is 263 g/mol. The van der Waals surface area contributed by atoms with E-state index in [0.717, 1.165) is 30.6 Å². The third-order valence-corrected chi connectivity index (χ3v) is 3.74. The quantitative estimate of drug-likeness (QED) is 0.846. The normalized spacial score (nSPS) is 22.2. The van der Waals surface area contributed by atoms with Crippen molar-refractivity contribution in [3.05, 3.63) is 29.8 Å². The number of rotatable bonds is 5. The number of nitrogens with one attached hydrogen (secondary N) is 1. The highest BCUT2D eigenvalue weighted by Crippen LogP contribution is 2.25. The summed E-state index contributed by atoms with van der Waals surface area (Å²) in [7, 11) is 1.61. The molecule has 0 spiro atoms. The molecule has 104 valence electrons. The van der Waals surface area contributed by atoms with Crippen molar-refractivity contribution < 1.29 is 14.6 Å². The van der Waals surface area contributed by atoms with Crippen molar-refractivity contribution in [3.8, 4) is 5.75 Å². The second-order valence-corrected chi connectivity index (χ2v) is 5.08. The van der Waals surface area contributed by atoms with E-state index in [-0.39, 0.29) is 24.5 Å². The maximum atomic E-state index is 12.0. The third-order valence-electron chi connectivity index (χ3n) is 3.74. The van der Waals surface area contributed by atoms with E-state index < -0.39 is 0 Å². The highest BCUT2D eigenvalue weighted by molar-refractivity contribution is 5.79. The van der Waals surface area contributed by atoms with Gasteiger partial charge in [-0.3, -0.25) is 4.79 Å². The third kappa shape index (κ3) is 3.70. The van der Waals surface area contributed by atoms with E-state index in [4.69, 9.17) is 4.74 Å². The number of carbonyl (C=O) groups is 1. The first kappa shape index (κ1) is 13.9. The van der Waals surface area contributed by atoms with E-state index in [9.17, 15) is 9.90 Å². The predicted molar refractivity (Wildman–Crippen MR) is 73.1 cm³/mol. The van der Waals surface area contributed by atoms with Crippen molar-refractivity contribution in [2.75, 3.05) is 13.7 Å². The van der Waals surface area contributed by atoms with E-state index >= 15 is 0 Å². The second kappa shape index (κ2) is 6.57. The van der Waals surface area contributed by atoms with Gasteiger partial charge in [0.25, 0.3) is 0 Å². The molecule has 1 saturated carbocycles. The molecule has 1 aromatic rings. The van der Waals surface area contributed by atoms with Gasteiger partial charge in [0.2, 0.25) is 5.91 Å².